The minimum atomic E-state index is -0.350. The maximum Gasteiger partial charge on any atom is 0.283 e. The third kappa shape index (κ3) is 4.20. The molecule has 1 aromatic rings. The van der Waals surface area contributed by atoms with Gasteiger partial charge in [-0.05, 0) is 52.6 Å². The number of rotatable bonds is 6. The van der Waals surface area contributed by atoms with E-state index in [4.69, 9.17) is 0 Å². The van der Waals surface area contributed by atoms with Crippen molar-refractivity contribution in [2.24, 2.45) is 0 Å². The molecule has 0 aliphatic heterocycles. The second-order valence-electron chi connectivity index (χ2n) is 5.01. The van der Waals surface area contributed by atoms with Crippen molar-refractivity contribution in [2.45, 2.75) is 44.0 Å². The van der Waals surface area contributed by atoms with Gasteiger partial charge in [-0.2, -0.15) is 11.8 Å². The van der Waals surface area contributed by atoms with Gasteiger partial charge in [0.2, 0.25) is 0 Å². The summed E-state index contributed by atoms with van der Waals surface area (Å²) in [6.45, 7) is 2.90. The van der Waals surface area contributed by atoms with Gasteiger partial charge in [0.15, 0.2) is 0 Å². The molecule has 1 saturated carbocycles. The molecule has 2 unspecified atom stereocenters. The van der Waals surface area contributed by atoms with E-state index in [0.717, 1.165) is 10.8 Å². The van der Waals surface area contributed by atoms with E-state index in [2.05, 4.69) is 28.2 Å². The Morgan fingerprint density at radius 1 is 1.50 bits per heavy atom. The summed E-state index contributed by atoms with van der Waals surface area (Å²) in [5.41, 5.74) is 1.10. The van der Waals surface area contributed by atoms with Crippen molar-refractivity contribution in [1.29, 1.82) is 0 Å². The highest BCUT2D eigenvalue weighted by Crippen LogP contribution is 2.30. The second-order valence-corrected chi connectivity index (χ2v) is 7.44. The van der Waals surface area contributed by atoms with Gasteiger partial charge < -0.3 is 5.32 Å². The Morgan fingerprint density at radius 3 is 3.00 bits per heavy atom. The molecule has 0 spiro atoms. The molecule has 6 heteroatoms. The van der Waals surface area contributed by atoms with Gasteiger partial charge in [0.05, 0.1) is 9.40 Å². The van der Waals surface area contributed by atoms with Crippen LogP contribution in [0.25, 0.3) is 0 Å². The zero-order chi connectivity index (χ0) is 14.5. The van der Waals surface area contributed by atoms with Crippen LogP contribution in [0.2, 0.25) is 0 Å². The first-order valence-electron chi connectivity index (χ1n) is 6.88. The molecule has 0 saturated heterocycles. The molecule has 0 bridgehead atoms. The maximum atomic E-state index is 10.9. The van der Waals surface area contributed by atoms with Gasteiger partial charge in [-0.1, -0.05) is 13.0 Å². The van der Waals surface area contributed by atoms with Gasteiger partial charge in [0, 0.05) is 23.9 Å². The van der Waals surface area contributed by atoms with E-state index in [0.29, 0.717) is 17.1 Å². The lowest BCUT2D eigenvalue weighted by Crippen LogP contribution is -2.26. The normalized spacial score (nSPS) is 22.1. The number of thioether (sulfide) groups is 1. The average molecular weight is 359 g/mol. The third-order valence-electron chi connectivity index (χ3n) is 3.59. The molecule has 20 heavy (non-hydrogen) atoms. The average Bonchev–Trinajstić information content (AvgIpc) is 2.86. The Labute approximate surface area is 132 Å². The fraction of sp³-hybridized carbons (Fsp3) is 0.571. The highest BCUT2D eigenvalue weighted by molar-refractivity contribution is 9.10. The Morgan fingerprint density at radius 2 is 2.30 bits per heavy atom. The number of nitro benzene ring substituents is 1. The van der Waals surface area contributed by atoms with Crippen LogP contribution in [-0.4, -0.2) is 22.0 Å². The zero-order valence-electron chi connectivity index (χ0n) is 11.5. The highest BCUT2D eigenvalue weighted by atomic mass is 79.9. The molecule has 1 fully saturated rings. The predicted molar refractivity (Wildman–Crippen MR) is 87.2 cm³/mol. The SMILES string of the molecule is CCSC1CCC(NCc2ccc(Br)c([N+](=O)[O-])c2)C1. The lowest BCUT2D eigenvalue weighted by Gasteiger charge is -2.13. The molecule has 2 atom stereocenters. The summed E-state index contributed by atoms with van der Waals surface area (Å²) in [6, 6.07) is 5.86. The molecule has 2 rings (SSSR count). The van der Waals surface area contributed by atoms with Crippen molar-refractivity contribution in [1.82, 2.24) is 5.32 Å². The quantitative estimate of drug-likeness (QED) is 0.613. The van der Waals surface area contributed by atoms with E-state index >= 15 is 0 Å². The first-order valence-corrected chi connectivity index (χ1v) is 8.72. The number of hydrogen-bond donors (Lipinski definition) is 1. The number of nitro groups is 1. The van der Waals surface area contributed by atoms with Gasteiger partial charge in [-0.25, -0.2) is 0 Å². The molecule has 4 nitrogen and oxygen atoms in total. The van der Waals surface area contributed by atoms with Gasteiger partial charge in [0.1, 0.15) is 0 Å². The van der Waals surface area contributed by atoms with Crippen LogP contribution >= 0.6 is 27.7 Å². The van der Waals surface area contributed by atoms with E-state index in [1.54, 1.807) is 12.1 Å². The lowest BCUT2D eigenvalue weighted by molar-refractivity contribution is -0.385. The monoisotopic (exact) mass is 358 g/mol. The van der Waals surface area contributed by atoms with Gasteiger partial charge >= 0.3 is 0 Å². The molecule has 0 radical (unpaired) electrons. The summed E-state index contributed by atoms with van der Waals surface area (Å²) in [6.07, 6.45) is 3.68. The van der Waals surface area contributed by atoms with Crippen molar-refractivity contribution >= 4 is 33.4 Å². The van der Waals surface area contributed by atoms with E-state index in [9.17, 15) is 10.1 Å². The summed E-state index contributed by atoms with van der Waals surface area (Å²) < 4.78 is 0.534. The van der Waals surface area contributed by atoms with Crippen molar-refractivity contribution < 1.29 is 4.92 Å². The highest BCUT2D eigenvalue weighted by Gasteiger charge is 2.24. The van der Waals surface area contributed by atoms with Crippen LogP contribution < -0.4 is 5.32 Å². The topological polar surface area (TPSA) is 55.2 Å². The smallest absolute Gasteiger partial charge is 0.283 e. The van der Waals surface area contributed by atoms with E-state index < -0.39 is 0 Å². The predicted octanol–water partition coefficient (Wildman–Crippen LogP) is 4.12. The standard InChI is InChI=1S/C14H19BrN2O2S/c1-2-20-12-5-4-11(8-12)16-9-10-3-6-13(15)14(7-10)17(18)19/h3,6-7,11-12,16H,2,4-5,8-9H2,1H3. The van der Waals surface area contributed by atoms with Gasteiger partial charge in [-0.15, -0.1) is 0 Å². The van der Waals surface area contributed by atoms with Gasteiger partial charge in [-0.3, -0.25) is 10.1 Å². The number of halogens is 1. The molecule has 1 aromatic carbocycles. The molecule has 0 heterocycles. The Hall–Kier alpha value is -0.590. The molecular formula is C14H19BrN2O2S. The number of benzene rings is 1. The van der Waals surface area contributed by atoms with Crippen LogP contribution in [0, 0.1) is 10.1 Å². The Balaban J connectivity index is 1.88. The van der Waals surface area contributed by atoms with E-state index in [1.807, 2.05) is 17.8 Å². The lowest BCUT2D eigenvalue weighted by atomic mass is 10.2. The summed E-state index contributed by atoms with van der Waals surface area (Å²) in [7, 11) is 0. The Kier molecular flexibility index (Phi) is 5.86. The molecule has 0 aromatic heterocycles. The van der Waals surface area contributed by atoms with Gasteiger partial charge in [0.25, 0.3) is 5.69 Å². The molecule has 1 aliphatic carbocycles. The first kappa shape index (κ1) is 15.8. The molecule has 110 valence electrons. The molecule has 0 amide bonds. The number of nitrogens with zero attached hydrogens (tertiary/aromatic N) is 1. The van der Waals surface area contributed by atoms with Crippen molar-refractivity contribution in [2.75, 3.05) is 5.75 Å². The Bertz CT molecular complexity index is 484. The van der Waals surface area contributed by atoms with Crippen LogP contribution in [-0.2, 0) is 6.54 Å². The van der Waals surface area contributed by atoms with E-state index in [-0.39, 0.29) is 10.6 Å². The summed E-state index contributed by atoms with van der Waals surface area (Å²) in [5, 5.41) is 15.2. The summed E-state index contributed by atoms with van der Waals surface area (Å²) in [4.78, 5) is 10.6. The van der Waals surface area contributed by atoms with Crippen LogP contribution in [0.4, 0.5) is 5.69 Å². The van der Waals surface area contributed by atoms with Crippen LogP contribution in [0.3, 0.4) is 0 Å². The van der Waals surface area contributed by atoms with Crippen molar-refractivity contribution in [3.63, 3.8) is 0 Å². The van der Waals surface area contributed by atoms with Crippen molar-refractivity contribution in [3.8, 4) is 0 Å². The molecule has 1 aliphatic rings. The number of hydrogen-bond acceptors (Lipinski definition) is 4. The summed E-state index contributed by atoms with van der Waals surface area (Å²) >= 11 is 5.25. The fourth-order valence-corrected chi connectivity index (χ4v) is 4.12. The maximum absolute atomic E-state index is 10.9. The fourth-order valence-electron chi connectivity index (χ4n) is 2.58. The summed E-state index contributed by atoms with van der Waals surface area (Å²) in [5.74, 6) is 1.18. The number of nitrogens with one attached hydrogen (secondary N) is 1. The first-order chi connectivity index (χ1) is 9.60. The minimum absolute atomic E-state index is 0.134. The van der Waals surface area contributed by atoms with Crippen LogP contribution in [0.1, 0.15) is 31.7 Å². The second kappa shape index (κ2) is 7.43. The zero-order valence-corrected chi connectivity index (χ0v) is 13.9. The largest absolute Gasteiger partial charge is 0.310 e. The molecule has 1 N–H and O–H groups in total. The van der Waals surface area contributed by atoms with Crippen LogP contribution in [0.5, 0.6) is 0 Å². The van der Waals surface area contributed by atoms with Crippen molar-refractivity contribution in [3.05, 3.63) is 38.3 Å². The molecular weight excluding hydrogens is 340 g/mol. The van der Waals surface area contributed by atoms with Crippen LogP contribution in [0.15, 0.2) is 22.7 Å². The minimum Gasteiger partial charge on any atom is -0.310 e. The third-order valence-corrected chi connectivity index (χ3v) is 5.49. The van der Waals surface area contributed by atoms with E-state index in [1.165, 1.54) is 25.0 Å².